The lowest BCUT2D eigenvalue weighted by atomic mass is 10.2. The Hall–Kier alpha value is -1.75. The molecule has 1 N–H and O–H groups in total. The number of rotatable bonds is 8. The number of carbonyl (C=O) groups excluding carboxylic acids is 1. The van der Waals surface area contributed by atoms with E-state index in [4.69, 9.17) is 14.2 Å². The van der Waals surface area contributed by atoms with Crippen LogP contribution in [-0.2, 0) is 9.53 Å². The number of hydrogen-bond acceptors (Lipinski definition) is 4. The first kappa shape index (κ1) is 16.3. The van der Waals surface area contributed by atoms with Gasteiger partial charge in [0.15, 0.2) is 17.6 Å². The van der Waals surface area contributed by atoms with Crippen molar-refractivity contribution < 1.29 is 19.0 Å². The van der Waals surface area contributed by atoms with Gasteiger partial charge in [0.25, 0.3) is 5.91 Å². The zero-order valence-electron chi connectivity index (χ0n) is 12.5. The van der Waals surface area contributed by atoms with Gasteiger partial charge in [-0.05, 0) is 25.5 Å². The van der Waals surface area contributed by atoms with Crippen molar-refractivity contribution in [1.29, 1.82) is 0 Å². The van der Waals surface area contributed by atoms with E-state index in [9.17, 15) is 4.79 Å². The largest absolute Gasteiger partial charge is 0.493 e. The molecule has 0 fully saturated rings. The van der Waals surface area contributed by atoms with Gasteiger partial charge < -0.3 is 19.5 Å². The maximum Gasteiger partial charge on any atom is 0.261 e. The lowest BCUT2D eigenvalue weighted by molar-refractivity contribution is -0.129. The average Bonchev–Trinajstić information content (AvgIpc) is 2.45. The number of amides is 1. The minimum absolute atomic E-state index is 0.0529. The fourth-order valence-electron chi connectivity index (χ4n) is 1.82. The van der Waals surface area contributed by atoms with Gasteiger partial charge in [-0.2, -0.15) is 0 Å². The third-order valence-corrected chi connectivity index (χ3v) is 2.81. The number of hydrogen-bond donors (Lipinski definition) is 1. The van der Waals surface area contributed by atoms with E-state index in [0.29, 0.717) is 24.5 Å². The SMILES string of the molecule is CC[C@H](Oc1ccccc1OC)C(=O)N[C@H](C)COC. The predicted molar refractivity (Wildman–Crippen MR) is 77.2 cm³/mol. The smallest absolute Gasteiger partial charge is 0.261 e. The molecule has 0 aliphatic rings. The van der Waals surface area contributed by atoms with Gasteiger partial charge in [0, 0.05) is 13.2 Å². The molecule has 0 aromatic heterocycles. The second-order valence-electron chi connectivity index (χ2n) is 4.53. The van der Waals surface area contributed by atoms with Gasteiger partial charge in [0.2, 0.25) is 0 Å². The molecule has 5 nitrogen and oxygen atoms in total. The number of benzene rings is 1. The fraction of sp³-hybridized carbons (Fsp3) is 0.533. The number of methoxy groups -OCH3 is 2. The molecule has 0 aliphatic carbocycles. The van der Waals surface area contributed by atoms with E-state index in [1.54, 1.807) is 26.4 Å². The van der Waals surface area contributed by atoms with E-state index in [-0.39, 0.29) is 11.9 Å². The van der Waals surface area contributed by atoms with Crippen molar-refractivity contribution in [3.05, 3.63) is 24.3 Å². The summed E-state index contributed by atoms with van der Waals surface area (Å²) >= 11 is 0. The highest BCUT2D eigenvalue weighted by Gasteiger charge is 2.21. The van der Waals surface area contributed by atoms with Crippen molar-refractivity contribution >= 4 is 5.91 Å². The van der Waals surface area contributed by atoms with Gasteiger partial charge in [0.05, 0.1) is 13.7 Å². The van der Waals surface area contributed by atoms with E-state index in [1.165, 1.54) is 0 Å². The van der Waals surface area contributed by atoms with Crippen molar-refractivity contribution in [2.45, 2.75) is 32.4 Å². The lowest BCUT2D eigenvalue weighted by Crippen LogP contribution is -2.44. The molecule has 0 unspecified atom stereocenters. The van der Waals surface area contributed by atoms with Crippen LogP contribution in [0, 0.1) is 0 Å². The van der Waals surface area contributed by atoms with Crippen LogP contribution in [0.15, 0.2) is 24.3 Å². The zero-order chi connectivity index (χ0) is 15.0. The Kier molecular flexibility index (Phi) is 6.87. The first-order valence-electron chi connectivity index (χ1n) is 6.71. The maximum atomic E-state index is 12.1. The molecule has 0 radical (unpaired) electrons. The van der Waals surface area contributed by atoms with Gasteiger partial charge in [-0.3, -0.25) is 4.79 Å². The maximum absolute atomic E-state index is 12.1. The molecule has 1 rings (SSSR count). The molecule has 1 aromatic carbocycles. The van der Waals surface area contributed by atoms with Gasteiger partial charge in [0.1, 0.15) is 0 Å². The van der Waals surface area contributed by atoms with Crippen LogP contribution in [0.25, 0.3) is 0 Å². The van der Waals surface area contributed by atoms with E-state index in [0.717, 1.165) is 0 Å². The Morgan fingerprint density at radius 3 is 2.45 bits per heavy atom. The highest BCUT2D eigenvalue weighted by Crippen LogP contribution is 2.27. The minimum Gasteiger partial charge on any atom is -0.493 e. The first-order chi connectivity index (χ1) is 9.62. The third kappa shape index (κ3) is 4.74. The summed E-state index contributed by atoms with van der Waals surface area (Å²) in [6.07, 6.45) is 0.0226. The summed E-state index contributed by atoms with van der Waals surface area (Å²) in [5, 5.41) is 2.86. The van der Waals surface area contributed by atoms with Crippen molar-refractivity contribution in [3.8, 4) is 11.5 Å². The number of ether oxygens (including phenoxy) is 3. The summed E-state index contributed by atoms with van der Waals surface area (Å²) in [5.74, 6) is 1.03. The van der Waals surface area contributed by atoms with Crippen molar-refractivity contribution in [2.75, 3.05) is 20.8 Å². The summed E-state index contributed by atoms with van der Waals surface area (Å²) in [7, 11) is 3.18. The Morgan fingerprint density at radius 1 is 1.25 bits per heavy atom. The topological polar surface area (TPSA) is 56.8 Å². The molecule has 1 aromatic rings. The summed E-state index contributed by atoms with van der Waals surface area (Å²) in [6, 6.07) is 7.23. The number of para-hydroxylation sites is 2. The number of nitrogens with one attached hydrogen (secondary N) is 1. The second-order valence-corrected chi connectivity index (χ2v) is 4.53. The van der Waals surface area contributed by atoms with E-state index >= 15 is 0 Å². The van der Waals surface area contributed by atoms with Crippen LogP contribution in [0.3, 0.4) is 0 Å². The molecule has 5 heteroatoms. The molecule has 0 bridgehead atoms. The summed E-state index contributed by atoms with van der Waals surface area (Å²) in [5.41, 5.74) is 0. The van der Waals surface area contributed by atoms with Crippen LogP contribution in [-0.4, -0.2) is 38.9 Å². The van der Waals surface area contributed by atoms with Crippen molar-refractivity contribution in [2.24, 2.45) is 0 Å². The highest BCUT2D eigenvalue weighted by molar-refractivity contribution is 5.81. The predicted octanol–water partition coefficient (Wildman–Crippen LogP) is 2.00. The fourth-order valence-corrected chi connectivity index (χ4v) is 1.82. The lowest BCUT2D eigenvalue weighted by Gasteiger charge is -2.21. The van der Waals surface area contributed by atoms with Crippen LogP contribution in [0.2, 0.25) is 0 Å². The molecule has 0 saturated carbocycles. The Bertz CT molecular complexity index is 422. The Balaban J connectivity index is 2.68. The molecule has 2 atom stereocenters. The standard InChI is InChI=1S/C15H23NO4/c1-5-12(15(17)16-11(2)10-18-3)20-14-9-7-6-8-13(14)19-4/h6-9,11-12H,5,10H2,1-4H3,(H,16,17)/t11-,12+/m1/s1. The number of carbonyl (C=O) groups is 1. The average molecular weight is 281 g/mol. The van der Waals surface area contributed by atoms with Gasteiger partial charge >= 0.3 is 0 Å². The zero-order valence-corrected chi connectivity index (χ0v) is 12.5. The van der Waals surface area contributed by atoms with Gasteiger partial charge in [-0.15, -0.1) is 0 Å². The molecule has 112 valence electrons. The Labute approximate surface area is 120 Å². The Morgan fingerprint density at radius 2 is 1.90 bits per heavy atom. The molecular weight excluding hydrogens is 258 g/mol. The molecule has 0 heterocycles. The molecule has 1 amide bonds. The van der Waals surface area contributed by atoms with Crippen LogP contribution in [0.5, 0.6) is 11.5 Å². The summed E-state index contributed by atoms with van der Waals surface area (Å²) in [4.78, 5) is 12.1. The third-order valence-electron chi connectivity index (χ3n) is 2.81. The molecule has 0 spiro atoms. The second kappa shape index (κ2) is 8.43. The van der Waals surface area contributed by atoms with E-state index < -0.39 is 6.10 Å². The van der Waals surface area contributed by atoms with Crippen LogP contribution >= 0.6 is 0 Å². The molecule has 0 saturated heterocycles. The van der Waals surface area contributed by atoms with Crippen LogP contribution < -0.4 is 14.8 Å². The van der Waals surface area contributed by atoms with Gasteiger partial charge in [-0.1, -0.05) is 19.1 Å². The van der Waals surface area contributed by atoms with Crippen LogP contribution in [0.4, 0.5) is 0 Å². The van der Waals surface area contributed by atoms with Crippen molar-refractivity contribution in [3.63, 3.8) is 0 Å². The normalized spacial score (nSPS) is 13.4. The van der Waals surface area contributed by atoms with Crippen LogP contribution in [0.1, 0.15) is 20.3 Å². The van der Waals surface area contributed by atoms with E-state index in [2.05, 4.69) is 5.32 Å². The highest BCUT2D eigenvalue weighted by atomic mass is 16.5. The quantitative estimate of drug-likeness (QED) is 0.792. The van der Waals surface area contributed by atoms with Gasteiger partial charge in [-0.25, -0.2) is 0 Å². The van der Waals surface area contributed by atoms with Crippen molar-refractivity contribution in [1.82, 2.24) is 5.32 Å². The molecule has 0 aliphatic heterocycles. The molecule has 20 heavy (non-hydrogen) atoms. The molecular formula is C15H23NO4. The monoisotopic (exact) mass is 281 g/mol. The minimum atomic E-state index is -0.550. The summed E-state index contributed by atoms with van der Waals surface area (Å²) in [6.45, 7) is 4.26. The van der Waals surface area contributed by atoms with E-state index in [1.807, 2.05) is 26.0 Å². The summed E-state index contributed by atoms with van der Waals surface area (Å²) < 4.78 is 16.0. The first-order valence-corrected chi connectivity index (χ1v) is 6.71.